The van der Waals surface area contributed by atoms with Crippen molar-refractivity contribution in [1.82, 2.24) is 16.1 Å². The standard InChI is InChI=1S/C12H16N2.ClH.H3N/c1-2-3-4-9-12-13-10-7-5-6-8-11(10)14-12;;/h5-8H,2-4,9H2,1H3,(H,13,14);1H;1H3. The average molecular weight is 242 g/mol. The van der Waals surface area contributed by atoms with E-state index in [4.69, 9.17) is 0 Å². The Morgan fingerprint density at radius 3 is 2.62 bits per heavy atom. The van der Waals surface area contributed by atoms with Gasteiger partial charge in [0.2, 0.25) is 0 Å². The van der Waals surface area contributed by atoms with E-state index < -0.39 is 0 Å². The summed E-state index contributed by atoms with van der Waals surface area (Å²) >= 11 is 0. The van der Waals surface area contributed by atoms with Crippen molar-refractivity contribution in [2.24, 2.45) is 0 Å². The number of nitrogens with one attached hydrogen (secondary N) is 1. The van der Waals surface area contributed by atoms with Gasteiger partial charge in [-0.15, -0.1) is 12.4 Å². The maximum atomic E-state index is 4.53. The molecule has 4 N–H and O–H groups in total. The molecule has 0 aliphatic heterocycles. The fourth-order valence-corrected chi connectivity index (χ4v) is 1.67. The summed E-state index contributed by atoms with van der Waals surface area (Å²) in [5.74, 6) is 1.12. The van der Waals surface area contributed by atoms with Crippen LogP contribution in [-0.2, 0) is 6.42 Å². The van der Waals surface area contributed by atoms with E-state index in [-0.39, 0.29) is 18.6 Å². The van der Waals surface area contributed by atoms with Crippen LogP contribution < -0.4 is 6.15 Å². The van der Waals surface area contributed by atoms with Gasteiger partial charge in [-0.25, -0.2) is 4.98 Å². The normalized spacial score (nSPS) is 9.56. The Morgan fingerprint density at radius 1 is 1.19 bits per heavy atom. The second kappa shape index (κ2) is 7.25. The maximum absolute atomic E-state index is 4.53. The molecule has 3 nitrogen and oxygen atoms in total. The quantitative estimate of drug-likeness (QED) is 0.798. The highest BCUT2D eigenvalue weighted by Crippen LogP contribution is 2.11. The van der Waals surface area contributed by atoms with E-state index in [1.807, 2.05) is 12.1 Å². The van der Waals surface area contributed by atoms with E-state index >= 15 is 0 Å². The maximum Gasteiger partial charge on any atom is 0.107 e. The largest absolute Gasteiger partial charge is 0.344 e. The molecule has 0 aliphatic carbocycles. The monoisotopic (exact) mass is 241 g/mol. The summed E-state index contributed by atoms with van der Waals surface area (Å²) in [6.45, 7) is 2.22. The van der Waals surface area contributed by atoms with Crippen LogP contribution in [0.3, 0.4) is 0 Å². The molecule has 1 aromatic heterocycles. The first kappa shape index (κ1) is 14.9. The molecular formula is C12H20ClN3. The van der Waals surface area contributed by atoms with Crippen molar-refractivity contribution in [3.05, 3.63) is 30.1 Å². The number of imidazole rings is 1. The zero-order chi connectivity index (χ0) is 9.80. The van der Waals surface area contributed by atoms with Gasteiger partial charge in [0.25, 0.3) is 0 Å². The molecule has 4 heteroatoms. The number of unbranched alkanes of at least 4 members (excludes halogenated alkanes) is 2. The molecule has 0 atom stereocenters. The summed E-state index contributed by atoms with van der Waals surface area (Å²) in [7, 11) is 0. The smallest absolute Gasteiger partial charge is 0.107 e. The third-order valence-corrected chi connectivity index (χ3v) is 2.46. The van der Waals surface area contributed by atoms with Crippen LogP contribution in [0, 0.1) is 0 Å². The number of aryl methyl sites for hydroxylation is 1. The van der Waals surface area contributed by atoms with Crippen LogP contribution >= 0.6 is 12.4 Å². The van der Waals surface area contributed by atoms with Gasteiger partial charge in [-0.2, -0.15) is 0 Å². The Bertz CT molecular complexity index is 378. The molecule has 0 saturated heterocycles. The third-order valence-electron chi connectivity index (χ3n) is 2.46. The molecule has 16 heavy (non-hydrogen) atoms. The Hall–Kier alpha value is -1.06. The Kier molecular flexibility index (Phi) is 6.77. The lowest BCUT2D eigenvalue weighted by Gasteiger charge is -1.93. The SMILES string of the molecule is CCCCCc1nc2ccccc2[nH]1.Cl.N. The number of nitrogens with zero attached hydrogens (tertiary/aromatic N) is 1. The number of benzene rings is 1. The summed E-state index contributed by atoms with van der Waals surface area (Å²) in [6, 6.07) is 8.19. The van der Waals surface area contributed by atoms with Gasteiger partial charge in [0.05, 0.1) is 11.0 Å². The number of halogens is 1. The first-order valence-corrected chi connectivity index (χ1v) is 5.34. The zero-order valence-electron chi connectivity index (χ0n) is 9.70. The fraction of sp³-hybridized carbons (Fsp3) is 0.417. The summed E-state index contributed by atoms with van der Waals surface area (Å²) in [5, 5.41) is 0. The number of hydrogen-bond acceptors (Lipinski definition) is 2. The minimum absolute atomic E-state index is 0. The molecule has 2 aromatic rings. The first-order valence-electron chi connectivity index (χ1n) is 5.34. The lowest BCUT2D eigenvalue weighted by molar-refractivity contribution is 0.700. The van der Waals surface area contributed by atoms with Crippen molar-refractivity contribution in [3.8, 4) is 0 Å². The number of H-pyrrole nitrogens is 1. The minimum atomic E-state index is 0. The Balaban J connectivity index is 0.00000112. The molecule has 0 spiro atoms. The number of aromatic nitrogens is 2. The van der Waals surface area contributed by atoms with Gasteiger partial charge in [-0.1, -0.05) is 31.9 Å². The first-order chi connectivity index (χ1) is 6.90. The lowest BCUT2D eigenvalue weighted by Crippen LogP contribution is -1.87. The molecule has 0 fully saturated rings. The minimum Gasteiger partial charge on any atom is -0.344 e. The van der Waals surface area contributed by atoms with Crippen LogP contribution in [0.2, 0.25) is 0 Å². The van der Waals surface area contributed by atoms with Crippen molar-refractivity contribution >= 4 is 23.4 Å². The number of rotatable bonds is 4. The second-order valence-corrected chi connectivity index (χ2v) is 3.66. The summed E-state index contributed by atoms with van der Waals surface area (Å²) in [5.41, 5.74) is 2.23. The second-order valence-electron chi connectivity index (χ2n) is 3.66. The van der Waals surface area contributed by atoms with E-state index in [0.29, 0.717) is 0 Å². The molecule has 0 radical (unpaired) electrons. The van der Waals surface area contributed by atoms with Crippen LogP contribution in [0.5, 0.6) is 0 Å². The number of aromatic amines is 1. The number of para-hydroxylation sites is 2. The van der Waals surface area contributed by atoms with Gasteiger partial charge >= 0.3 is 0 Å². The number of hydrogen-bond donors (Lipinski definition) is 2. The van der Waals surface area contributed by atoms with Crippen molar-refractivity contribution in [1.29, 1.82) is 0 Å². The third kappa shape index (κ3) is 3.51. The molecule has 2 rings (SSSR count). The summed E-state index contributed by atoms with van der Waals surface area (Å²) in [6.07, 6.45) is 4.86. The predicted octanol–water partition coefficient (Wildman–Crippen LogP) is 3.88. The van der Waals surface area contributed by atoms with Gasteiger partial charge in [0, 0.05) is 6.42 Å². The molecule has 0 unspecified atom stereocenters. The van der Waals surface area contributed by atoms with Gasteiger partial charge in [-0.3, -0.25) is 0 Å². The van der Waals surface area contributed by atoms with Crippen LogP contribution in [0.1, 0.15) is 32.0 Å². The summed E-state index contributed by atoms with van der Waals surface area (Å²) < 4.78 is 0. The van der Waals surface area contributed by atoms with Crippen LogP contribution in [0.15, 0.2) is 24.3 Å². The topological polar surface area (TPSA) is 63.7 Å². The molecule has 1 heterocycles. The van der Waals surface area contributed by atoms with E-state index in [0.717, 1.165) is 23.3 Å². The lowest BCUT2D eigenvalue weighted by atomic mass is 10.2. The molecule has 1 aromatic carbocycles. The Labute approximate surface area is 103 Å². The highest BCUT2D eigenvalue weighted by atomic mass is 35.5. The molecule has 0 bridgehead atoms. The predicted molar refractivity (Wildman–Crippen MR) is 71.6 cm³/mol. The van der Waals surface area contributed by atoms with E-state index in [1.165, 1.54) is 19.3 Å². The molecule has 0 saturated carbocycles. The van der Waals surface area contributed by atoms with Gasteiger partial charge in [0.15, 0.2) is 0 Å². The number of fused-ring (bicyclic) bond motifs is 1. The zero-order valence-corrected chi connectivity index (χ0v) is 10.5. The van der Waals surface area contributed by atoms with Crippen LogP contribution in [0.4, 0.5) is 0 Å². The Morgan fingerprint density at radius 2 is 1.94 bits per heavy atom. The molecule has 90 valence electrons. The van der Waals surface area contributed by atoms with Crippen molar-refractivity contribution in [2.75, 3.05) is 0 Å². The highest BCUT2D eigenvalue weighted by molar-refractivity contribution is 5.85. The van der Waals surface area contributed by atoms with E-state index in [9.17, 15) is 0 Å². The average Bonchev–Trinajstić information content (AvgIpc) is 2.60. The molecule has 0 aliphatic rings. The van der Waals surface area contributed by atoms with E-state index in [2.05, 4.69) is 29.0 Å². The fourth-order valence-electron chi connectivity index (χ4n) is 1.67. The van der Waals surface area contributed by atoms with Crippen molar-refractivity contribution < 1.29 is 0 Å². The van der Waals surface area contributed by atoms with E-state index in [1.54, 1.807) is 0 Å². The van der Waals surface area contributed by atoms with Gasteiger partial charge < -0.3 is 11.1 Å². The van der Waals surface area contributed by atoms with Crippen LogP contribution in [0.25, 0.3) is 11.0 Å². The van der Waals surface area contributed by atoms with Gasteiger partial charge in [0.1, 0.15) is 5.82 Å². The van der Waals surface area contributed by atoms with Gasteiger partial charge in [-0.05, 0) is 18.6 Å². The van der Waals surface area contributed by atoms with Crippen LogP contribution in [-0.4, -0.2) is 9.97 Å². The highest BCUT2D eigenvalue weighted by Gasteiger charge is 2.00. The van der Waals surface area contributed by atoms with Crippen molar-refractivity contribution in [3.63, 3.8) is 0 Å². The van der Waals surface area contributed by atoms with Crippen molar-refractivity contribution in [2.45, 2.75) is 32.6 Å². The summed E-state index contributed by atoms with van der Waals surface area (Å²) in [4.78, 5) is 7.87. The molecule has 0 amide bonds. The molecular weight excluding hydrogens is 222 g/mol.